The van der Waals surface area contributed by atoms with Crippen molar-refractivity contribution in [2.45, 2.75) is 13.3 Å². The SMILES string of the molecule is CCc1cccc(-c2ccncc2Br)c1F. The molecule has 1 aromatic carbocycles. The molecule has 0 saturated heterocycles. The zero-order chi connectivity index (χ0) is 11.5. The normalized spacial score (nSPS) is 10.4. The van der Waals surface area contributed by atoms with Gasteiger partial charge in [-0.25, -0.2) is 4.39 Å². The fourth-order valence-corrected chi connectivity index (χ4v) is 2.12. The molecule has 0 bridgehead atoms. The van der Waals surface area contributed by atoms with Crippen LogP contribution in [0.5, 0.6) is 0 Å². The van der Waals surface area contributed by atoms with Gasteiger partial charge in [-0.3, -0.25) is 4.98 Å². The van der Waals surface area contributed by atoms with Gasteiger partial charge in [0.25, 0.3) is 0 Å². The van der Waals surface area contributed by atoms with Crippen molar-refractivity contribution in [1.29, 1.82) is 0 Å². The second kappa shape index (κ2) is 4.74. The molecule has 0 spiro atoms. The second-order valence-electron chi connectivity index (χ2n) is 3.49. The molecule has 0 aliphatic heterocycles. The smallest absolute Gasteiger partial charge is 0.134 e. The van der Waals surface area contributed by atoms with Crippen molar-refractivity contribution in [3.05, 3.63) is 52.5 Å². The molecule has 0 atom stereocenters. The lowest BCUT2D eigenvalue weighted by atomic mass is 10.0. The van der Waals surface area contributed by atoms with Crippen LogP contribution in [-0.4, -0.2) is 4.98 Å². The van der Waals surface area contributed by atoms with E-state index >= 15 is 0 Å². The summed E-state index contributed by atoms with van der Waals surface area (Å²) in [5, 5.41) is 0. The van der Waals surface area contributed by atoms with E-state index in [4.69, 9.17) is 0 Å². The molecule has 0 aliphatic carbocycles. The Morgan fingerprint density at radius 3 is 2.75 bits per heavy atom. The molecule has 1 heterocycles. The average molecular weight is 280 g/mol. The summed E-state index contributed by atoms with van der Waals surface area (Å²) in [4.78, 5) is 3.97. The third kappa shape index (κ3) is 2.00. The summed E-state index contributed by atoms with van der Waals surface area (Å²) in [5.74, 6) is -0.142. The number of aryl methyl sites for hydroxylation is 1. The lowest BCUT2D eigenvalue weighted by Crippen LogP contribution is -1.92. The first kappa shape index (κ1) is 11.3. The largest absolute Gasteiger partial charge is 0.264 e. The van der Waals surface area contributed by atoms with Crippen molar-refractivity contribution in [2.75, 3.05) is 0 Å². The molecule has 0 amide bonds. The fraction of sp³-hybridized carbons (Fsp3) is 0.154. The van der Waals surface area contributed by atoms with Gasteiger partial charge in [0, 0.05) is 28.0 Å². The van der Waals surface area contributed by atoms with Crippen LogP contribution in [0.25, 0.3) is 11.1 Å². The molecule has 2 rings (SSSR count). The third-order valence-electron chi connectivity index (χ3n) is 2.52. The maximum atomic E-state index is 14.1. The molecule has 0 unspecified atom stereocenters. The number of halogens is 2. The molecule has 0 N–H and O–H groups in total. The number of benzene rings is 1. The Kier molecular flexibility index (Phi) is 3.34. The van der Waals surface area contributed by atoms with Crippen molar-refractivity contribution < 1.29 is 4.39 Å². The summed E-state index contributed by atoms with van der Waals surface area (Å²) in [6, 6.07) is 7.29. The maximum Gasteiger partial charge on any atom is 0.134 e. The lowest BCUT2D eigenvalue weighted by Gasteiger charge is -2.08. The quantitative estimate of drug-likeness (QED) is 0.802. The monoisotopic (exact) mass is 279 g/mol. The van der Waals surface area contributed by atoms with E-state index in [1.165, 1.54) is 0 Å². The van der Waals surface area contributed by atoms with E-state index in [0.29, 0.717) is 12.0 Å². The van der Waals surface area contributed by atoms with Crippen molar-refractivity contribution in [1.82, 2.24) is 4.98 Å². The van der Waals surface area contributed by atoms with E-state index in [-0.39, 0.29) is 5.82 Å². The molecule has 16 heavy (non-hydrogen) atoms. The molecular formula is C13H11BrFN. The van der Waals surface area contributed by atoms with E-state index in [2.05, 4.69) is 20.9 Å². The van der Waals surface area contributed by atoms with E-state index in [0.717, 1.165) is 15.6 Å². The van der Waals surface area contributed by atoms with Crippen molar-refractivity contribution in [2.24, 2.45) is 0 Å². The summed E-state index contributed by atoms with van der Waals surface area (Å²) in [7, 11) is 0. The Morgan fingerprint density at radius 2 is 2.06 bits per heavy atom. The topological polar surface area (TPSA) is 12.9 Å². The van der Waals surface area contributed by atoms with Crippen molar-refractivity contribution >= 4 is 15.9 Å². The molecule has 82 valence electrons. The molecule has 3 heteroatoms. The Morgan fingerprint density at radius 1 is 1.25 bits per heavy atom. The van der Waals surface area contributed by atoms with Crippen molar-refractivity contribution in [3.63, 3.8) is 0 Å². The molecule has 0 saturated carbocycles. The highest BCUT2D eigenvalue weighted by atomic mass is 79.9. The molecule has 0 radical (unpaired) electrons. The van der Waals surface area contributed by atoms with Gasteiger partial charge in [0.2, 0.25) is 0 Å². The first-order valence-electron chi connectivity index (χ1n) is 5.11. The summed E-state index contributed by atoms with van der Waals surface area (Å²) in [6.45, 7) is 1.95. The van der Waals surface area contributed by atoms with Gasteiger partial charge in [0.1, 0.15) is 5.82 Å². The summed E-state index contributed by atoms with van der Waals surface area (Å²) in [5.41, 5.74) is 2.19. The Bertz CT molecular complexity index is 511. The van der Waals surface area contributed by atoms with Crippen molar-refractivity contribution in [3.8, 4) is 11.1 Å². The van der Waals surface area contributed by atoms with Crippen LogP contribution in [0.1, 0.15) is 12.5 Å². The van der Waals surface area contributed by atoms with Crippen LogP contribution in [0.4, 0.5) is 4.39 Å². The highest BCUT2D eigenvalue weighted by molar-refractivity contribution is 9.10. The van der Waals surface area contributed by atoms with Gasteiger partial charge in [0.05, 0.1) is 0 Å². The van der Waals surface area contributed by atoms with Crippen LogP contribution in [0.3, 0.4) is 0 Å². The van der Waals surface area contributed by atoms with E-state index in [1.54, 1.807) is 18.5 Å². The van der Waals surface area contributed by atoms with Crippen LogP contribution in [0, 0.1) is 5.82 Å². The minimum absolute atomic E-state index is 0.142. The number of rotatable bonds is 2. The van der Waals surface area contributed by atoms with Gasteiger partial charge >= 0.3 is 0 Å². The van der Waals surface area contributed by atoms with Gasteiger partial charge in [0.15, 0.2) is 0 Å². The highest BCUT2D eigenvalue weighted by Gasteiger charge is 2.10. The predicted octanol–water partition coefficient (Wildman–Crippen LogP) is 4.21. The van der Waals surface area contributed by atoms with Crippen LogP contribution < -0.4 is 0 Å². The third-order valence-corrected chi connectivity index (χ3v) is 3.15. The van der Waals surface area contributed by atoms with Gasteiger partial charge in [-0.1, -0.05) is 25.1 Å². The predicted molar refractivity (Wildman–Crippen MR) is 66.7 cm³/mol. The van der Waals surface area contributed by atoms with Gasteiger partial charge in [-0.2, -0.15) is 0 Å². The second-order valence-corrected chi connectivity index (χ2v) is 4.34. The first-order valence-corrected chi connectivity index (χ1v) is 5.90. The number of aromatic nitrogens is 1. The fourth-order valence-electron chi connectivity index (χ4n) is 1.65. The zero-order valence-corrected chi connectivity index (χ0v) is 10.5. The summed E-state index contributed by atoms with van der Waals surface area (Å²) < 4.78 is 14.9. The molecular weight excluding hydrogens is 269 g/mol. The number of hydrogen-bond acceptors (Lipinski definition) is 1. The Hall–Kier alpha value is -1.22. The van der Waals surface area contributed by atoms with Gasteiger partial charge in [-0.15, -0.1) is 0 Å². The van der Waals surface area contributed by atoms with Gasteiger partial charge in [-0.05, 0) is 34.0 Å². The molecule has 0 fully saturated rings. The standard InChI is InChI=1S/C13H11BrFN/c1-2-9-4-3-5-11(13(9)15)10-6-7-16-8-12(10)14/h3-8H,2H2,1H3. The minimum atomic E-state index is -0.142. The van der Waals surface area contributed by atoms with Crippen LogP contribution in [-0.2, 0) is 6.42 Å². The summed E-state index contributed by atoms with van der Waals surface area (Å²) in [6.07, 6.45) is 4.04. The Labute approximate surface area is 102 Å². The van der Waals surface area contributed by atoms with Gasteiger partial charge < -0.3 is 0 Å². The van der Waals surface area contributed by atoms with Crippen LogP contribution >= 0.6 is 15.9 Å². The first-order chi connectivity index (χ1) is 7.74. The zero-order valence-electron chi connectivity index (χ0n) is 8.87. The molecule has 1 aromatic heterocycles. The minimum Gasteiger partial charge on any atom is -0.264 e. The van der Waals surface area contributed by atoms with Crippen LogP contribution in [0.2, 0.25) is 0 Å². The van der Waals surface area contributed by atoms with Crippen LogP contribution in [0.15, 0.2) is 41.1 Å². The number of hydrogen-bond donors (Lipinski definition) is 0. The van der Waals surface area contributed by atoms with E-state index in [1.807, 2.05) is 25.1 Å². The van der Waals surface area contributed by atoms with E-state index < -0.39 is 0 Å². The van der Waals surface area contributed by atoms with E-state index in [9.17, 15) is 4.39 Å². The number of nitrogens with zero attached hydrogens (tertiary/aromatic N) is 1. The lowest BCUT2D eigenvalue weighted by molar-refractivity contribution is 0.615. The molecule has 0 aliphatic rings. The number of pyridine rings is 1. The highest BCUT2D eigenvalue weighted by Crippen LogP contribution is 2.30. The Balaban J connectivity index is 2.61. The summed E-state index contributed by atoms with van der Waals surface area (Å²) >= 11 is 3.38. The maximum absolute atomic E-state index is 14.1. The molecule has 1 nitrogen and oxygen atoms in total. The molecule has 2 aromatic rings. The average Bonchev–Trinajstić information content (AvgIpc) is 2.31.